The van der Waals surface area contributed by atoms with Crippen molar-refractivity contribution in [3.63, 3.8) is 0 Å². The van der Waals surface area contributed by atoms with E-state index in [1.165, 1.54) is 29.5 Å². The molecule has 10 nitrogen and oxygen atoms in total. The van der Waals surface area contributed by atoms with Crippen molar-refractivity contribution in [1.82, 2.24) is 10.9 Å². The molecule has 0 bridgehead atoms. The van der Waals surface area contributed by atoms with Gasteiger partial charge in [-0.05, 0) is 26.0 Å². The van der Waals surface area contributed by atoms with E-state index in [-0.39, 0.29) is 29.9 Å². The van der Waals surface area contributed by atoms with Gasteiger partial charge in [-0.25, -0.2) is 0 Å². The first-order valence-corrected chi connectivity index (χ1v) is 9.58. The molecule has 0 atom stereocenters. The third-order valence-electron chi connectivity index (χ3n) is 3.90. The first-order valence-electron chi connectivity index (χ1n) is 8.77. The number of nitrogens with one attached hydrogen (secondary N) is 2. The quantitative estimate of drug-likeness (QED) is 0.281. The number of nitro groups is 1. The predicted molar refractivity (Wildman–Crippen MR) is 107 cm³/mol. The highest BCUT2D eigenvalue weighted by atomic mass is 32.1. The van der Waals surface area contributed by atoms with Crippen LogP contribution in [0, 0.1) is 24.0 Å². The van der Waals surface area contributed by atoms with Crippen LogP contribution in [0.2, 0.25) is 0 Å². The molecule has 1 aromatic carbocycles. The Kier molecular flexibility index (Phi) is 7.76. The van der Waals surface area contributed by atoms with Crippen molar-refractivity contribution in [2.24, 2.45) is 0 Å². The smallest absolute Gasteiger partial charge is 0.306 e. The van der Waals surface area contributed by atoms with Gasteiger partial charge in [0.05, 0.1) is 11.3 Å². The zero-order valence-corrected chi connectivity index (χ0v) is 17.0. The monoisotopic (exact) mass is 433 g/mol. The van der Waals surface area contributed by atoms with Crippen molar-refractivity contribution in [2.45, 2.75) is 26.7 Å². The number of nitro benzene ring substituents is 1. The van der Waals surface area contributed by atoms with Crippen LogP contribution in [-0.2, 0) is 14.3 Å². The summed E-state index contributed by atoms with van der Waals surface area (Å²) in [4.78, 5) is 59.4. The number of carbonyl (C=O) groups is 4. The van der Waals surface area contributed by atoms with Crippen LogP contribution in [0.4, 0.5) is 5.69 Å². The third-order valence-corrected chi connectivity index (χ3v) is 4.86. The van der Waals surface area contributed by atoms with Crippen LogP contribution in [0.25, 0.3) is 0 Å². The lowest BCUT2D eigenvalue weighted by molar-refractivity contribution is -0.384. The van der Waals surface area contributed by atoms with Gasteiger partial charge in [-0.2, -0.15) is 0 Å². The van der Waals surface area contributed by atoms with Crippen LogP contribution in [0.5, 0.6) is 0 Å². The average molecular weight is 433 g/mol. The number of aryl methyl sites for hydroxylation is 2. The molecule has 2 amide bonds. The first-order chi connectivity index (χ1) is 14.2. The molecule has 0 radical (unpaired) electrons. The van der Waals surface area contributed by atoms with Crippen molar-refractivity contribution >= 4 is 40.6 Å². The molecule has 0 aliphatic rings. The zero-order chi connectivity index (χ0) is 22.3. The van der Waals surface area contributed by atoms with Gasteiger partial charge in [-0.3, -0.25) is 40.1 Å². The number of non-ortho nitro benzene ring substituents is 1. The minimum Gasteiger partial charge on any atom is -0.455 e. The highest BCUT2D eigenvalue weighted by Gasteiger charge is 2.16. The van der Waals surface area contributed by atoms with Crippen LogP contribution >= 0.6 is 11.3 Å². The van der Waals surface area contributed by atoms with Crippen LogP contribution in [0.1, 0.15) is 43.3 Å². The molecule has 0 fully saturated rings. The van der Waals surface area contributed by atoms with E-state index in [4.69, 9.17) is 4.74 Å². The van der Waals surface area contributed by atoms with Gasteiger partial charge < -0.3 is 4.74 Å². The van der Waals surface area contributed by atoms with Crippen LogP contribution < -0.4 is 10.9 Å². The number of hydrogen-bond donors (Lipinski definition) is 2. The Balaban J connectivity index is 1.72. The topological polar surface area (TPSA) is 145 Å². The molecule has 11 heteroatoms. The Morgan fingerprint density at radius 1 is 1.10 bits per heavy atom. The Bertz CT molecular complexity index is 1000. The normalized spacial score (nSPS) is 10.2. The van der Waals surface area contributed by atoms with Crippen LogP contribution in [-0.4, -0.2) is 35.1 Å². The molecule has 2 N–H and O–H groups in total. The molecule has 1 heterocycles. The molecule has 2 aromatic rings. The van der Waals surface area contributed by atoms with E-state index in [9.17, 15) is 29.3 Å². The van der Waals surface area contributed by atoms with E-state index in [1.54, 1.807) is 6.07 Å². The maximum atomic E-state index is 12.1. The lowest BCUT2D eigenvalue weighted by Crippen LogP contribution is -2.43. The second-order valence-electron chi connectivity index (χ2n) is 6.22. The fraction of sp³-hybridized carbons (Fsp3) is 0.263. The molecule has 0 spiro atoms. The summed E-state index contributed by atoms with van der Waals surface area (Å²) < 4.78 is 4.77. The number of thiophene rings is 1. The molecular weight excluding hydrogens is 414 g/mol. The molecule has 0 aliphatic heterocycles. The van der Waals surface area contributed by atoms with Crippen molar-refractivity contribution in [1.29, 1.82) is 0 Å². The Morgan fingerprint density at radius 2 is 1.83 bits per heavy atom. The van der Waals surface area contributed by atoms with E-state index in [2.05, 4.69) is 5.43 Å². The van der Waals surface area contributed by atoms with Crippen molar-refractivity contribution in [2.75, 3.05) is 6.61 Å². The fourth-order valence-electron chi connectivity index (χ4n) is 2.47. The second-order valence-corrected chi connectivity index (χ2v) is 7.68. The number of esters is 1. The highest BCUT2D eigenvalue weighted by molar-refractivity contribution is 7.12. The maximum absolute atomic E-state index is 12.1. The largest absolute Gasteiger partial charge is 0.455 e. The Hall–Kier alpha value is -3.60. The number of hydrogen-bond acceptors (Lipinski definition) is 8. The number of rotatable bonds is 8. The average Bonchev–Trinajstić information content (AvgIpc) is 3.06. The molecule has 1 aromatic heterocycles. The number of Topliss-reactive ketones (excluding diaryl/α,β-unsaturated/α-hetero) is 1. The third kappa shape index (κ3) is 6.48. The van der Waals surface area contributed by atoms with E-state index < -0.39 is 29.3 Å². The van der Waals surface area contributed by atoms with E-state index in [0.717, 1.165) is 15.8 Å². The summed E-state index contributed by atoms with van der Waals surface area (Å²) in [6.45, 7) is 3.06. The van der Waals surface area contributed by atoms with Gasteiger partial charge >= 0.3 is 5.97 Å². The number of benzene rings is 1. The summed E-state index contributed by atoms with van der Waals surface area (Å²) in [6, 6.07) is 6.71. The summed E-state index contributed by atoms with van der Waals surface area (Å²) in [5, 5.41) is 10.7. The summed E-state index contributed by atoms with van der Waals surface area (Å²) in [6.07, 6.45) is -0.221. The van der Waals surface area contributed by atoms with Gasteiger partial charge in [-0.1, -0.05) is 6.07 Å². The van der Waals surface area contributed by atoms with Crippen molar-refractivity contribution in [3.8, 4) is 0 Å². The van der Waals surface area contributed by atoms with Crippen molar-refractivity contribution < 1.29 is 28.8 Å². The van der Waals surface area contributed by atoms with Gasteiger partial charge in [0.2, 0.25) is 0 Å². The van der Waals surface area contributed by atoms with E-state index in [1.807, 2.05) is 19.3 Å². The highest BCUT2D eigenvalue weighted by Crippen LogP contribution is 2.22. The molecule has 158 valence electrons. The minimum absolute atomic E-state index is 0.0287. The molecular formula is C19H19N3O7S. The van der Waals surface area contributed by atoms with Crippen LogP contribution in [0.15, 0.2) is 30.3 Å². The maximum Gasteiger partial charge on any atom is 0.306 e. The summed E-state index contributed by atoms with van der Waals surface area (Å²) in [5.41, 5.74) is 4.37. The van der Waals surface area contributed by atoms with Gasteiger partial charge in [0.15, 0.2) is 12.4 Å². The van der Waals surface area contributed by atoms with E-state index >= 15 is 0 Å². The van der Waals surface area contributed by atoms with Gasteiger partial charge in [-0.15, -0.1) is 11.3 Å². The number of carbonyl (C=O) groups excluding carboxylic acids is 4. The number of nitrogens with zero attached hydrogens (tertiary/aromatic N) is 1. The van der Waals surface area contributed by atoms with Crippen LogP contribution in [0.3, 0.4) is 0 Å². The van der Waals surface area contributed by atoms with Gasteiger partial charge in [0.25, 0.3) is 17.5 Å². The Labute approximate surface area is 175 Å². The molecule has 0 aliphatic carbocycles. The molecule has 0 saturated carbocycles. The minimum atomic E-state index is -0.808. The fourth-order valence-corrected chi connectivity index (χ4v) is 3.41. The lowest BCUT2D eigenvalue weighted by Gasteiger charge is -2.08. The van der Waals surface area contributed by atoms with Crippen molar-refractivity contribution in [3.05, 3.63) is 61.3 Å². The zero-order valence-electron chi connectivity index (χ0n) is 16.2. The summed E-state index contributed by atoms with van der Waals surface area (Å²) in [5.74, 6) is -2.49. The number of amides is 2. The standard InChI is InChI=1S/C19H19N3O7S/c1-11-8-15(12(2)30-11)16(23)6-7-18(25)29-10-17(24)20-21-19(26)13-4-3-5-14(9-13)22(27)28/h3-5,8-9H,6-7,10H2,1-2H3,(H,20,24)(H,21,26). The van der Waals surface area contributed by atoms with Gasteiger partial charge in [0, 0.05) is 39.4 Å². The Morgan fingerprint density at radius 3 is 2.47 bits per heavy atom. The first kappa shape index (κ1) is 22.7. The number of ether oxygens (including phenoxy) is 1. The second kappa shape index (κ2) is 10.3. The molecule has 0 saturated heterocycles. The van der Waals surface area contributed by atoms with E-state index in [0.29, 0.717) is 5.56 Å². The predicted octanol–water partition coefficient (Wildman–Crippen LogP) is 2.24. The summed E-state index contributed by atoms with van der Waals surface area (Å²) >= 11 is 1.50. The summed E-state index contributed by atoms with van der Waals surface area (Å²) in [7, 11) is 0. The molecule has 2 rings (SSSR count). The molecule has 30 heavy (non-hydrogen) atoms. The number of hydrazine groups is 1. The molecule has 0 unspecified atom stereocenters. The number of ketones is 1. The SMILES string of the molecule is Cc1cc(C(=O)CCC(=O)OCC(=O)NNC(=O)c2cccc([N+](=O)[O-])c2)c(C)s1. The lowest BCUT2D eigenvalue weighted by atomic mass is 10.1. The van der Waals surface area contributed by atoms with Gasteiger partial charge in [0.1, 0.15) is 0 Å².